The van der Waals surface area contributed by atoms with Crippen molar-refractivity contribution in [1.82, 2.24) is 0 Å². The van der Waals surface area contributed by atoms with Crippen LogP contribution < -0.4 is 66.1 Å². The number of hydrogen-bond acceptors (Lipinski definition) is 6. The van der Waals surface area contributed by atoms with Crippen LogP contribution >= 0.6 is 7.82 Å². The molecular weight excluding hydrogens is 261 g/mol. The van der Waals surface area contributed by atoms with Crippen molar-refractivity contribution in [3.05, 3.63) is 10.1 Å². The fourth-order valence-electron chi connectivity index (χ4n) is 0. The summed E-state index contributed by atoms with van der Waals surface area (Å²) in [4.78, 5) is 34.0. The molecular formula is HKNO7PZn. The first-order chi connectivity index (χ1) is 3.73. The molecule has 0 bridgehead atoms. The van der Waals surface area contributed by atoms with Crippen LogP contribution in [-0.2, 0) is 24.0 Å². The molecule has 0 aromatic carbocycles. The van der Waals surface area contributed by atoms with Gasteiger partial charge in [0.25, 0.3) is 5.09 Å². The molecule has 0 saturated carbocycles. The van der Waals surface area contributed by atoms with Crippen molar-refractivity contribution < 1.29 is 100 Å². The van der Waals surface area contributed by atoms with Crippen LogP contribution in [0, 0.1) is 10.1 Å². The molecule has 0 fully saturated rings. The summed E-state index contributed by atoms with van der Waals surface area (Å²) in [5.41, 5.74) is 0. The molecule has 0 aliphatic heterocycles. The summed E-state index contributed by atoms with van der Waals surface area (Å²) in [5.74, 6) is 0. The molecule has 0 heterocycles. The third kappa shape index (κ3) is 430. The molecule has 1 N–H and O–H groups in total. The predicted molar refractivity (Wildman–Crippen MR) is 16.4 cm³/mol. The SMILES string of the molecule is O=P([O-])([O-])[O-].O=[N+]([O-])O.[K+].[Zn+2]. The zero-order valence-electron chi connectivity index (χ0n) is 5.50. The summed E-state index contributed by atoms with van der Waals surface area (Å²) in [6, 6.07) is 0. The zero-order chi connectivity index (χ0) is 8.08. The van der Waals surface area contributed by atoms with E-state index < -0.39 is 12.9 Å². The molecule has 0 aliphatic rings. The van der Waals surface area contributed by atoms with Gasteiger partial charge in [-0.1, -0.05) is 0 Å². The van der Waals surface area contributed by atoms with Gasteiger partial charge in [-0.2, -0.15) is 7.82 Å². The Bertz CT molecular complexity index is 118. The molecule has 0 radical (unpaired) electrons. The molecule has 0 rings (SSSR count). The number of nitrogens with zero attached hydrogens (tertiary/aromatic N) is 1. The van der Waals surface area contributed by atoms with Gasteiger partial charge in [0.05, 0.1) is 0 Å². The first kappa shape index (κ1) is 22.9. The van der Waals surface area contributed by atoms with E-state index in [0.29, 0.717) is 0 Å². The Morgan fingerprint density at radius 1 is 1.27 bits per heavy atom. The quantitative estimate of drug-likeness (QED) is 0.197. The van der Waals surface area contributed by atoms with Gasteiger partial charge in [-0.3, -0.25) is 0 Å². The minimum Gasteiger partial charge on any atom is -0.822 e. The molecule has 56 valence electrons. The van der Waals surface area contributed by atoms with E-state index >= 15 is 0 Å². The maximum atomic E-state index is 8.55. The van der Waals surface area contributed by atoms with E-state index in [0.717, 1.165) is 0 Å². The number of rotatable bonds is 0. The van der Waals surface area contributed by atoms with Gasteiger partial charge in [0.15, 0.2) is 0 Å². The molecule has 0 unspecified atom stereocenters. The van der Waals surface area contributed by atoms with Crippen LogP contribution in [0.5, 0.6) is 0 Å². The maximum Gasteiger partial charge on any atom is 2.00 e. The van der Waals surface area contributed by atoms with Gasteiger partial charge in [0.2, 0.25) is 0 Å². The number of hydrogen-bond donors (Lipinski definition) is 1. The molecule has 0 aliphatic carbocycles. The van der Waals surface area contributed by atoms with E-state index in [2.05, 4.69) is 0 Å². The summed E-state index contributed by atoms with van der Waals surface area (Å²) in [5, 5.41) is 13.6. The molecule has 0 aromatic rings. The van der Waals surface area contributed by atoms with Crippen molar-refractivity contribution in [2.75, 3.05) is 0 Å². The smallest absolute Gasteiger partial charge is 0.822 e. The molecule has 8 nitrogen and oxygen atoms in total. The van der Waals surface area contributed by atoms with E-state index in [-0.39, 0.29) is 70.9 Å². The molecule has 0 atom stereocenters. The van der Waals surface area contributed by atoms with Gasteiger partial charge in [-0.05, 0) is 0 Å². The summed E-state index contributed by atoms with van der Waals surface area (Å²) in [6.45, 7) is 0. The van der Waals surface area contributed by atoms with Crippen LogP contribution in [0.1, 0.15) is 0 Å². The van der Waals surface area contributed by atoms with Crippen molar-refractivity contribution in [3.8, 4) is 0 Å². The van der Waals surface area contributed by atoms with E-state index in [1.807, 2.05) is 0 Å². The molecule has 0 saturated heterocycles. The Morgan fingerprint density at radius 2 is 1.27 bits per heavy atom. The van der Waals surface area contributed by atoms with Gasteiger partial charge in [0, 0.05) is 0 Å². The van der Waals surface area contributed by atoms with Crippen LogP contribution in [0.4, 0.5) is 0 Å². The summed E-state index contributed by atoms with van der Waals surface area (Å²) in [7, 11) is -5.39. The van der Waals surface area contributed by atoms with Crippen molar-refractivity contribution in [3.63, 3.8) is 0 Å². The second-order valence-electron chi connectivity index (χ2n) is 0.685. The molecule has 11 heteroatoms. The second-order valence-corrected chi connectivity index (χ2v) is 1.58. The first-order valence-corrected chi connectivity index (χ1v) is 2.76. The van der Waals surface area contributed by atoms with Crippen molar-refractivity contribution in [2.45, 2.75) is 0 Å². The van der Waals surface area contributed by atoms with Crippen LogP contribution in [0.25, 0.3) is 0 Å². The monoisotopic (exact) mass is 261 g/mol. The standard InChI is InChI=1S/K.HNO3.H3O4P.Zn/c;2-1(3)4;1-5(2,3)4;/h;(H,2,3,4);(H3,1,2,3,4);/q+1;;;+2/p-3. The Kier molecular flexibility index (Phi) is 24.1. The van der Waals surface area contributed by atoms with Gasteiger partial charge in [-0.25, -0.2) is 0 Å². The van der Waals surface area contributed by atoms with E-state index in [1.54, 1.807) is 0 Å². The van der Waals surface area contributed by atoms with Gasteiger partial charge < -0.3 is 24.5 Å². The Labute approximate surface area is 117 Å². The largest absolute Gasteiger partial charge is 2.00 e. The Hall–Kier alpha value is 1.57. The first-order valence-electron chi connectivity index (χ1n) is 1.30. The van der Waals surface area contributed by atoms with E-state index in [1.165, 1.54) is 0 Å². The zero-order valence-corrected chi connectivity index (χ0v) is 12.5. The number of phosphoric acid groups is 1. The van der Waals surface area contributed by atoms with E-state index in [4.69, 9.17) is 34.6 Å². The molecule has 0 amide bonds. The van der Waals surface area contributed by atoms with Crippen LogP contribution in [0.15, 0.2) is 0 Å². The topological polar surface area (TPSA) is 150 Å². The third-order valence-electron chi connectivity index (χ3n) is 0. The summed E-state index contributed by atoms with van der Waals surface area (Å²) >= 11 is 0. The Balaban J connectivity index is -0.0000000383. The van der Waals surface area contributed by atoms with Crippen LogP contribution in [0.2, 0.25) is 0 Å². The fourth-order valence-corrected chi connectivity index (χ4v) is 0. The fraction of sp³-hybridized carbons (Fsp3) is 0. The minimum atomic E-state index is -5.39. The molecule has 11 heavy (non-hydrogen) atoms. The van der Waals surface area contributed by atoms with Crippen LogP contribution in [0.3, 0.4) is 0 Å². The Morgan fingerprint density at radius 3 is 1.27 bits per heavy atom. The van der Waals surface area contributed by atoms with Gasteiger partial charge in [-0.15, -0.1) is 10.1 Å². The third-order valence-corrected chi connectivity index (χ3v) is 0. The molecule has 0 aromatic heterocycles. The van der Waals surface area contributed by atoms with Crippen molar-refractivity contribution in [2.24, 2.45) is 0 Å². The minimum absolute atomic E-state index is 0. The summed E-state index contributed by atoms with van der Waals surface area (Å²) < 4.78 is 8.55. The van der Waals surface area contributed by atoms with Crippen molar-refractivity contribution >= 4 is 7.82 Å². The van der Waals surface area contributed by atoms with Crippen LogP contribution in [-0.4, -0.2) is 10.3 Å². The molecule has 0 spiro atoms. The predicted octanol–water partition coefficient (Wildman–Crippen LogP) is -6.17. The van der Waals surface area contributed by atoms with Gasteiger partial charge in [0.1, 0.15) is 0 Å². The maximum absolute atomic E-state index is 8.55. The second kappa shape index (κ2) is 11.6. The van der Waals surface area contributed by atoms with E-state index in [9.17, 15) is 0 Å². The van der Waals surface area contributed by atoms with Gasteiger partial charge >= 0.3 is 70.9 Å². The average Bonchev–Trinajstić information content (AvgIpc) is 1.19. The normalized spacial score (nSPS) is 7.55. The van der Waals surface area contributed by atoms with Crippen molar-refractivity contribution in [1.29, 1.82) is 0 Å². The average molecular weight is 262 g/mol. The summed E-state index contributed by atoms with van der Waals surface area (Å²) in [6.07, 6.45) is 0.